The van der Waals surface area contributed by atoms with Crippen LogP contribution in [0, 0.1) is 0 Å². The van der Waals surface area contributed by atoms with Gasteiger partial charge in [-0.3, -0.25) is 4.90 Å². The van der Waals surface area contributed by atoms with Gasteiger partial charge in [0.2, 0.25) is 0 Å². The Bertz CT molecular complexity index is 190. The highest BCUT2D eigenvalue weighted by Crippen LogP contribution is 2.20. The van der Waals surface area contributed by atoms with Crippen LogP contribution in [0.15, 0.2) is 0 Å². The third-order valence-corrected chi connectivity index (χ3v) is 3.70. The van der Waals surface area contributed by atoms with Crippen LogP contribution in [0.3, 0.4) is 0 Å². The molecule has 16 heavy (non-hydrogen) atoms. The van der Waals surface area contributed by atoms with Crippen LogP contribution in [0.1, 0.15) is 46.5 Å². The average molecular weight is 229 g/mol. The lowest BCUT2D eigenvalue weighted by atomic mass is 9.95. The van der Waals surface area contributed by atoms with Gasteiger partial charge in [-0.15, -0.1) is 0 Å². The minimum Gasteiger partial charge on any atom is -0.389 e. The lowest BCUT2D eigenvalue weighted by molar-refractivity contribution is -0.0418. The van der Waals surface area contributed by atoms with Gasteiger partial charge in [0.25, 0.3) is 0 Å². The second kappa shape index (κ2) is 6.58. The van der Waals surface area contributed by atoms with E-state index in [0.29, 0.717) is 6.10 Å². The van der Waals surface area contributed by atoms with Gasteiger partial charge in [0.1, 0.15) is 0 Å². The zero-order valence-corrected chi connectivity index (χ0v) is 11.0. The smallest absolute Gasteiger partial charge is 0.0768 e. The Labute approximate surface area is 99.8 Å². The second-order valence-electron chi connectivity index (χ2n) is 4.89. The monoisotopic (exact) mass is 229 g/mol. The number of rotatable bonds is 6. The molecule has 0 aromatic carbocycles. The second-order valence-corrected chi connectivity index (χ2v) is 4.89. The van der Waals surface area contributed by atoms with Gasteiger partial charge in [-0.2, -0.15) is 0 Å². The summed E-state index contributed by atoms with van der Waals surface area (Å²) < 4.78 is 5.67. The van der Waals surface area contributed by atoms with Crippen molar-refractivity contribution >= 4 is 0 Å². The molecule has 0 aromatic heterocycles. The maximum absolute atomic E-state index is 10.3. The highest BCUT2D eigenvalue weighted by molar-refractivity contribution is 4.83. The summed E-state index contributed by atoms with van der Waals surface area (Å²) >= 11 is 0. The minimum atomic E-state index is -0.506. The minimum absolute atomic E-state index is 0.372. The molecule has 1 N–H and O–H groups in total. The normalized spacial score (nSPS) is 23.6. The number of hydrogen-bond acceptors (Lipinski definition) is 3. The number of likely N-dealkylation sites (tertiary alicyclic amines) is 1. The van der Waals surface area contributed by atoms with Crippen LogP contribution in [0.25, 0.3) is 0 Å². The van der Waals surface area contributed by atoms with Crippen molar-refractivity contribution in [2.45, 2.75) is 58.2 Å². The van der Waals surface area contributed by atoms with Crippen molar-refractivity contribution in [2.75, 3.05) is 26.2 Å². The Morgan fingerprint density at radius 2 is 2.00 bits per heavy atom. The summed E-state index contributed by atoms with van der Waals surface area (Å²) in [5, 5.41) is 10.3. The van der Waals surface area contributed by atoms with Gasteiger partial charge in [-0.25, -0.2) is 0 Å². The number of ether oxygens (including phenoxy) is 1. The van der Waals surface area contributed by atoms with Crippen molar-refractivity contribution in [1.82, 2.24) is 4.90 Å². The molecule has 0 aromatic rings. The van der Waals surface area contributed by atoms with Crippen LogP contribution in [0.2, 0.25) is 0 Å². The van der Waals surface area contributed by atoms with Gasteiger partial charge in [0, 0.05) is 19.7 Å². The topological polar surface area (TPSA) is 32.7 Å². The van der Waals surface area contributed by atoms with E-state index in [1.165, 1.54) is 12.8 Å². The lowest BCUT2D eigenvalue weighted by Crippen LogP contribution is -2.48. The number of β-amino-alcohol motifs (C(OH)–C–C–N with tert-alkyl or cyclic N) is 1. The van der Waals surface area contributed by atoms with Gasteiger partial charge >= 0.3 is 0 Å². The molecule has 0 amide bonds. The fourth-order valence-electron chi connectivity index (χ4n) is 2.42. The molecular weight excluding hydrogens is 202 g/mol. The number of aliphatic hydroxyl groups is 1. The highest BCUT2D eigenvalue weighted by Gasteiger charge is 2.28. The molecule has 1 aliphatic rings. The zero-order valence-electron chi connectivity index (χ0n) is 11.0. The van der Waals surface area contributed by atoms with Crippen LogP contribution < -0.4 is 0 Å². The molecule has 0 bridgehead atoms. The maximum Gasteiger partial charge on any atom is 0.0768 e. The lowest BCUT2D eigenvalue weighted by Gasteiger charge is -2.37. The molecule has 0 aliphatic carbocycles. The van der Waals surface area contributed by atoms with E-state index in [2.05, 4.69) is 18.7 Å². The Balaban J connectivity index is 2.41. The first kappa shape index (κ1) is 13.9. The number of nitrogens with zero attached hydrogens (tertiary/aromatic N) is 1. The molecule has 0 spiro atoms. The standard InChI is InChI=1S/C13H27NO2/c1-4-13(15,5-2)11-14-9-7-8-12(10-14)16-6-3/h12,15H,4-11H2,1-3H3. The number of hydrogen-bond donors (Lipinski definition) is 1. The van der Waals surface area contributed by atoms with Crippen LogP contribution in [0.4, 0.5) is 0 Å². The van der Waals surface area contributed by atoms with Crippen molar-refractivity contribution in [3.05, 3.63) is 0 Å². The molecule has 0 radical (unpaired) electrons. The molecule has 1 saturated heterocycles. The summed E-state index contributed by atoms with van der Waals surface area (Å²) in [7, 11) is 0. The maximum atomic E-state index is 10.3. The molecule has 0 saturated carbocycles. The van der Waals surface area contributed by atoms with Gasteiger partial charge in [0.15, 0.2) is 0 Å². The molecule has 96 valence electrons. The van der Waals surface area contributed by atoms with Crippen LogP contribution in [-0.4, -0.2) is 48.0 Å². The summed E-state index contributed by atoms with van der Waals surface area (Å²) in [4.78, 5) is 2.36. The van der Waals surface area contributed by atoms with E-state index < -0.39 is 5.60 Å². The summed E-state index contributed by atoms with van der Waals surface area (Å²) in [5.74, 6) is 0. The number of piperidine rings is 1. The molecule has 1 fully saturated rings. The summed E-state index contributed by atoms with van der Waals surface area (Å²) in [6.45, 7) is 9.85. The van der Waals surface area contributed by atoms with Crippen LogP contribution >= 0.6 is 0 Å². The van der Waals surface area contributed by atoms with E-state index >= 15 is 0 Å². The van der Waals surface area contributed by atoms with E-state index in [4.69, 9.17) is 4.74 Å². The molecule has 1 heterocycles. The third-order valence-electron chi connectivity index (χ3n) is 3.70. The van der Waals surface area contributed by atoms with Crippen molar-refractivity contribution in [2.24, 2.45) is 0 Å². The van der Waals surface area contributed by atoms with Crippen molar-refractivity contribution in [1.29, 1.82) is 0 Å². The predicted octanol–water partition coefficient (Wildman–Crippen LogP) is 2.04. The average Bonchev–Trinajstić information content (AvgIpc) is 2.30. The molecule has 3 heteroatoms. The van der Waals surface area contributed by atoms with Crippen LogP contribution in [-0.2, 0) is 4.74 Å². The Kier molecular flexibility index (Phi) is 5.73. The van der Waals surface area contributed by atoms with E-state index in [1.807, 2.05) is 6.92 Å². The first-order chi connectivity index (χ1) is 7.63. The summed E-state index contributed by atoms with van der Waals surface area (Å²) in [6, 6.07) is 0. The molecule has 3 nitrogen and oxygen atoms in total. The van der Waals surface area contributed by atoms with E-state index in [-0.39, 0.29) is 0 Å². The van der Waals surface area contributed by atoms with Crippen molar-refractivity contribution in [3.8, 4) is 0 Å². The Hall–Kier alpha value is -0.120. The van der Waals surface area contributed by atoms with Gasteiger partial charge in [0.05, 0.1) is 11.7 Å². The summed E-state index contributed by atoms with van der Waals surface area (Å²) in [6.07, 6.45) is 4.39. The molecule has 1 unspecified atom stereocenters. The highest BCUT2D eigenvalue weighted by atomic mass is 16.5. The first-order valence-electron chi connectivity index (χ1n) is 6.70. The zero-order chi connectivity index (χ0) is 12.0. The Morgan fingerprint density at radius 1 is 1.31 bits per heavy atom. The fraction of sp³-hybridized carbons (Fsp3) is 1.00. The SMILES string of the molecule is CCOC1CCCN(CC(O)(CC)CC)C1. The molecule has 1 aliphatic heterocycles. The van der Waals surface area contributed by atoms with Crippen molar-refractivity contribution < 1.29 is 9.84 Å². The molecule has 1 rings (SSSR count). The molecular formula is C13H27NO2. The van der Waals surface area contributed by atoms with E-state index in [0.717, 1.165) is 39.1 Å². The van der Waals surface area contributed by atoms with E-state index in [9.17, 15) is 5.11 Å². The Morgan fingerprint density at radius 3 is 2.56 bits per heavy atom. The van der Waals surface area contributed by atoms with Gasteiger partial charge in [-0.05, 0) is 39.2 Å². The fourth-order valence-corrected chi connectivity index (χ4v) is 2.42. The third kappa shape index (κ3) is 4.04. The van der Waals surface area contributed by atoms with Crippen LogP contribution in [0.5, 0.6) is 0 Å². The predicted molar refractivity (Wildman–Crippen MR) is 66.6 cm³/mol. The largest absolute Gasteiger partial charge is 0.389 e. The first-order valence-corrected chi connectivity index (χ1v) is 6.70. The quantitative estimate of drug-likeness (QED) is 0.756. The summed E-state index contributed by atoms with van der Waals surface area (Å²) in [5.41, 5.74) is -0.506. The van der Waals surface area contributed by atoms with Gasteiger partial charge in [-0.1, -0.05) is 13.8 Å². The van der Waals surface area contributed by atoms with Gasteiger partial charge < -0.3 is 9.84 Å². The van der Waals surface area contributed by atoms with E-state index in [1.54, 1.807) is 0 Å². The molecule has 1 atom stereocenters. The van der Waals surface area contributed by atoms with Crippen molar-refractivity contribution in [3.63, 3.8) is 0 Å².